The number of fused-ring (bicyclic) bond motifs is 1. The fraction of sp³-hybridized carbons (Fsp3) is 0.269. The van der Waals surface area contributed by atoms with E-state index in [1.165, 1.54) is 18.4 Å². The molecule has 1 fully saturated rings. The number of hydrogen-bond donors (Lipinski definition) is 2. The first-order chi connectivity index (χ1) is 17.3. The van der Waals surface area contributed by atoms with E-state index in [1.54, 1.807) is 17.3 Å². The Morgan fingerprint density at radius 2 is 1.72 bits per heavy atom. The molecule has 0 radical (unpaired) electrons. The van der Waals surface area contributed by atoms with Crippen LogP contribution in [0, 0.1) is 0 Å². The van der Waals surface area contributed by atoms with Crippen molar-refractivity contribution in [2.45, 2.75) is 20.0 Å². The molecular formula is C26H27N7O3. The van der Waals surface area contributed by atoms with Crippen LogP contribution in [0.2, 0.25) is 0 Å². The number of nitrogens with two attached hydrogens (primary N) is 1. The van der Waals surface area contributed by atoms with Crippen molar-refractivity contribution in [2.75, 3.05) is 36.8 Å². The molecule has 0 aliphatic carbocycles. The van der Waals surface area contributed by atoms with E-state index in [4.69, 9.17) is 10.7 Å². The molecule has 1 amide bonds. The first-order valence-electron chi connectivity index (χ1n) is 11.8. The molecule has 3 N–H and O–H groups in total. The Morgan fingerprint density at radius 1 is 1.00 bits per heavy atom. The van der Waals surface area contributed by atoms with E-state index in [0.29, 0.717) is 43.2 Å². The predicted octanol–water partition coefficient (Wildman–Crippen LogP) is 2.27. The van der Waals surface area contributed by atoms with E-state index in [1.807, 2.05) is 47.4 Å². The number of nitrogens with zero attached hydrogens (tertiary/aromatic N) is 6. The van der Waals surface area contributed by atoms with Crippen LogP contribution >= 0.6 is 0 Å². The standard InChI is InChI=1S/C26H27N7O3/c1-16(34)22-23(27)33-24(30-25(22)31-10-12-32(13-11-31)26(36)17(2)35)20(15-29-33)19-8-9-21(28-14-19)18-6-4-3-5-7-18/h3-9,14-15,17,35H,10-13,27H2,1-2H3. The molecule has 0 bridgehead atoms. The quantitative estimate of drug-likeness (QED) is 0.412. The number of rotatable bonds is 5. The van der Waals surface area contributed by atoms with Crippen LogP contribution in [0.25, 0.3) is 28.0 Å². The van der Waals surface area contributed by atoms with E-state index in [9.17, 15) is 14.7 Å². The van der Waals surface area contributed by atoms with Gasteiger partial charge in [-0.25, -0.2) is 4.98 Å². The first kappa shape index (κ1) is 23.4. The van der Waals surface area contributed by atoms with Crippen molar-refractivity contribution in [3.8, 4) is 22.4 Å². The number of carbonyl (C=O) groups is 2. The molecule has 4 heterocycles. The van der Waals surface area contributed by atoms with Gasteiger partial charge < -0.3 is 20.6 Å². The average Bonchev–Trinajstić information content (AvgIpc) is 3.33. The Balaban J connectivity index is 1.52. The van der Waals surface area contributed by atoms with Gasteiger partial charge in [-0.2, -0.15) is 9.61 Å². The lowest BCUT2D eigenvalue weighted by Gasteiger charge is -2.36. The number of nitrogen functional groups attached to an aromatic ring is 1. The van der Waals surface area contributed by atoms with Crippen LogP contribution < -0.4 is 10.6 Å². The van der Waals surface area contributed by atoms with E-state index >= 15 is 0 Å². The molecule has 10 nitrogen and oxygen atoms in total. The summed E-state index contributed by atoms with van der Waals surface area (Å²) in [4.78, 5) is 37.8. The third-order valence-electron chi connectivity index (χ3n) is 6.41. The number of anilines is 2. The molecule has 184 valence electrons. The Labute approximate surface area is 208 Å². The molecule has 1 aliphatic heterocycles. The summed E-state index contributed by atoms with van der Waals surface area (Å²) in [6, 6.07) is 13.8. The summed E-state index contributed by atoms with van der Waals surface area (Å²) in [5, 5.41) is 14.0. The number of pyridine rings is 1. The van der Waals surface area contributed by atoms with Gasteiger partial charge >= 0.3 is 0 Å². The van der Waals surface area contributed by atoms with Crippen molar-refractivity contribution >= 4 is 29.0 Å². The van der Waals surface area contributed by atoms with Crippen LogP contribution in [-0.2, 0) is 4.79 Å². The monoisotopic (exact) mass is 485 g/mol. The fourth-order valence-electron chi connectivity index (χ4n) is 4.51. The molecule has 1 aliphatic rings. The zero-order valence-corrected chi connectivity index (χ0v) is 20.1. The lowest BCUT2D eigenvalue weighted by molar-refractivity contribution is -0.139. The van der Waals surface area contributed by atoms with Gasteiger partial charge in [0.1, 0.15) is 23.3 Å². The van der Waals surface area contributed by atoms with Crippen molar-refractivity contribution in [2.24, 2.45) is 0 Å². The summed E-state index contributed by atoms with van der Waals surface area (Å²) in [5.74, 6) is 0.150. The zero-order chi connectivity index (χ0) is 25.4. The fourth-order valence-corrected chi connectivity index (χ4v) is 4.51. The molecule has 5 rings (SSSR count). The normalized spacial score (nSPS) is 14.8. The van der Waals surface area contributed by atoms with Crippen LogP contribution in [0.15, 0.2) is 54.9 Å². The SMILES string of the molecule is CC(=O)c1c(N2CCN(C(=O)C(C)O)CC2)nc2c(-c3ccc(-c4ccccc4)nc3)cnn2c1N. The number of Topliss-reactive ketones (excluding diaryl/α,β-unsaturated/α-hetero) is 1. The maximum atomic E-state index is 12.6. The first-order valence-corrected chi connectivity index (χ1v) is 11.8. The molecular weight excluding hydrogens is 458 g/mol. The topological polar surface area (TPSA) is 130 Å². The Bertz CT molecular complexity index is 1420. The highest BCUT2D eigenvalue weighted by Crippen LogP contribution is 2.32. The van der Waals surface area contributed by atoms with Crippen molar-refractivity contribution < 1.29 is 14.7 Å². The molecule has 0 spiro atoms. The number of aliphatic hydroxyl groups is 1. The Kier molecular flexibility index (Phi) is 6.11. The third kappa shape index (κ3) is 4.16. The Morgan fingerprint density at radius 3 is 2.33 bits per heavy atom. The number of aliphatic hydroxyl groups excluding tert-OH is 1. The molecule has 36 heavy (non-hydrogen) atoms. The minimum atomic E-state index is -1.05. The second-order valence-corrected chi connectivity index (χ2v) is 8.83. The lowest BCUT2D eigenvalue weighted by atomic mass is 10.1. The number of aromatic nitrogens is 4. The summed E-state index contributed by atoms with van der Waals surface area (Å²) in [7, 11) is 0. The molecule has 1 atom stereocenters. The second kappa shape index (κ2) is 9.38. The van der Waals surface area contributed by atoms with Crippen LogP contribution in [0.3, 0.4) is 0 Å². The Hall–Kier alpha value is -4.31. The molecule has 1 aromatic carbocycles. The van der Waals surface area contributed by atoms with Crippen LogP contribution in [0.4, 0.5) is 11.6 Å². The van der Waals surface area contributed by atoms with Crippen molar-refractivity contribution in [1.82, 2.24) is 24.5 Å². The van der Waals surface area contributed by atoms with Gasteiger partial charge in [0.2, 0.25) is 0 Å². The third-order valence-corrected chi connectivity index (χ3v) is 6.41. The largest absolute Gasteiger partial charge is 0.384 e. The summed E-state index contributed by atoms with van der Waals surface area (Å²) in [5.41, 5.74) is 10.7. The van der Waals surface area contributed by atoms with E-state index in [0.717, 1.165) is 22.4 Å². The van der Waals surface area contributed by atoms with Gasteiger partial charge in [0.05, 0.1) is 11.9 Å². The van der Waals surface area contributed by atoms with Gasteiger partial charge in [-0.05, 0) is 19.9 Å². The van der Waals surface area contributed by atoms with Gasteiger partial charge in [-0.15, -0.1) is 0 Å². The van der Waals surface area contributed by atoms with Gasteiger partial charge in [0.15, 0.2) is 11.4 Å². The molecule has 0 saturated carbocycles. The summed E-state index contributed by atoms with van der Waals surface area (Å²) in [6.07, 6.45) is 2.40. The maximum absolute atomic E-state index is 12.6. The number of benzene rings is 1. The summed E-state index contributed by atoms with van der Waals surface area (Å²) in [6.45, 7) is 4.64. The summed E-state index contributed by atoms with van der Waals surface area (Å²) < 4.78 is 1.48. The summed E-state index contributed by atoms with van der Waals surface area (Å²) >= 11 is 0. The number of amides is 1. The van der Waals surface area contributed by atoms with Crippen LogP contribution in [0.1, 0.15) is 24.2 Å². The van der Waals surface area contributed by atoms with Crippen LogP contribution in [0.5, 0.6) is 0 Å². The van der Waals surface area contributed by atoms with Gasteiger partial charge in [0, 0.05) is 49.1 Å². The molecule has 1 saturated heterocycles. The smallest absolute Gasteiger partial charge is 0.251 e. The average molecular weight is 486 g/mol. The van der Waals surface area contributed by atoms with E-state index < -0.39 is 6.10 Å². The molecule has 10 heteroatoms. The second-order valence-electron chi connectivity index (χ2n) is 8.83. The highest BCUT2D eigenvalue weighted by molar-refractivity contribution is 6.04. The van der Waals surface area contributed by atoms with E-state index in [2.05, 4.69) is 10.1 Å². The zero-order valence-electron chi connectivity index (χ0n) is 20.1. The van der Waals surface area contributed by atoms with Gasteiger partial charge in [-0.1, -0.05) is 36.4 Å². The predicted molar refractivity (Wildman–Crippen MR) is 137 cm³/mol. The number of ketones is 1. The van der Waals surface area contributed by atoms with E-state index in [-0.39, 0.29) is 17.5 Å². The van der Waals surface area contributed by atoms with Crippen molar-refractivity contribution in [1.29, 1.82) is 0 Å². The highest BCUT2D eigenvalue weighted by Gasteiger charge is 2.29. The number of carbonyl (C=O) groups excluding carboxylic acids is 2. The van der Waals surface area contributed by atoms with Gasteiger partial charge in [-0.3, -0.25) is 14.6 Å². The van der Waals surface area contributed by atoms with Crippen LogP contribution in [-0.4, -0.2) is 73.6 Å². The van der Waals surface area contributed by atoms with Crippen molar-refractivity contribution in [3.63, 3.8) is 0 Å². The molecule has 3 aromatic heterocycles. The molecule has 4 aromatic rings. The minimum absolute atomic E-state index is 0.213. The minimum Gasteiger partial charge on any atom is -0.384 e. The van der Waals surface area contributed by atoms with Crippen molar-refractivity contribution in [3.05, 3.63) is 60.4 Å². The number of hydrogen-bond acceptors (Lipinski definition) is 8. The molecule has 1 unspecified atom stereocenters. The van der Waals surface area contributed by atoms with Gasteiger partial charge in [0.25, 0.3) is 5.91 Å². The highest BCUT2D eigenvalue weighted by atomic mass is 16.3. The number of piperazine rings is 1. The maximum Gasteiger partial charge on any atom is 0.251 e. The lowest BCUT2D eigenvalue weighted by Crippen LogP contribution is -2.51.